The quantitative estimate of drug-likeness (QED) is 0.877. The first kappa shape index (κ1) is 14.5. The van der Waals surface area contributed by atoms with Crippen molar-refractivity contribution in [3.63, 3.8) is 0 Å². The van der Waals surface area contributed by atoms with Gasteiger partial charge >= 0.3 is 0 Å². The van der Waals surface area contributed by atoms with Gasteiger partial charge in [-0.15, -0.1) is 0 Å². The largest absolute Gasteiger partial charge is 0.343 e. The molecular formula is C14H15ClFN3OS. The summed E-state index contributed by atoms with van der Waals surface area (Å²) >= 11 is 11.0. The molecule has 2 aromatic rings. The molecule has 0 aliphatic carbocycles. The number of likely N-dealkylation sites (tertiary alicyclic amines) is 1. The summed E-state index contributed by atoms with van der Waals surface area (Å²) in [5.74, 6) is -0.365. The topological polar surface area (TPSA) is 41.0 Å². The molecule has 0 spiro atoms. The number of hydrogen-bond donors (Lipinski definition) is 1. The highest BCUT2D eigenvalue weighted by molar-refractivity contribution is 7.71. The number of imidazole rings is 1. The highest BCUT2D eigenvalue weighted by Gasteiger charge is 2.18. The molecule has 1 amide bonds. The van der Waals surface area contributed by atoms with E-state index in [4.69, 9.17) is 23.8 Å². The first-order chi connectivity index (χ1) is 10.1. The fourth-order valence-corrected chi connectivity index (χ4v) is 3.17. The summed E-state index contributed by atoms with van der Waals surface area (Å²) < 4.78 is 15.8. The fourth-order valence-electron chi connectivity index (χ4n) is 2.71. The molecule has 1 N–H and O–H groups in total. The summed E-state index contributed by atoms with van der Waals surface area (Å²) in [6, 6.07) is 2.87. The maximum atomic E-state index is 13.6. The zero-order chi connectivity index (χ0) is 15.0. The van der Waals surface area contributed by atoms with Crippen molar-refractivity contribution in [1.82, 2.24) is 14.5 Å². The van der Waals surface area contributed by atoms with Crippen LogP contribution in [0.15, 0.2) is 12.1 Å². The lowest BCUT2D eigenvalue weighted by Gasteiger charge is -2.15. The normalized spacial score (nSPS) is 15.0. The molecule has 1 fully saturated rings. The van der Waals surface area contributed by atoms with Crippen molar-refractivity contribution in [2.24, 2.45) is 0 Å². The molecule has 1 aromatic carbocycles. The van der Waals surface area contributed by atoms with Gasteiger partial charge in [0, 0.05) is 32.1 Å². The van der Waals surface area contributed by atoms with Gasteiger partial charge in [-0.25, -0.2) is 4.39 Å². The van der Waals surface area contributed by atoms with Crippen LogP contribution >= 0.6 is 23.8 Å². The molecule has 1 aromatic heterocycles. The Morgan fingerprint density at radius 1 is 1.38 bits per heavy atom. The third-order valence-electron chi connectivity index (χ3n) is 3.82. The van der Waals surface area contributed by atoms with E-state index in [1.165, 1.54) is 12.1 Å². The molecule has 0 unspecified atom stereocenters. The summed E-state index contributed by atoms with van der Waals surface area (Å²) in [5.41, 5.74) is 1.32. The minimum Gasteiger partial charge on any atom is -0.343 e. The van der Waals surface area contributed by atoms with Crippen molar-refractivity contribution in [3.05, 3.63) is 27.7 Å². The van der Waals surface area contributed by atoms with Crippen molar-refractivity contribution in [1.29, 1.82) is 0 Å². The van der Waals surface area contributed by atoms with E-state index in [2.05, 4.69) is 4.98 Å². The molecular weight excluding hydrogens is 313 g/mol. The van der Waals surface area contributed by atoms with E-state index in [1.54, 1.807) is 4.57 Å². The Morgan fingerprint density at radius 3 is 2.81 bits per heavy atom. The number of aromatic nitrogens is 2. The monoisotopic (exact) mass is 327 g/mol. The van der Waals surface area contributed by atoms with Crippen molar-refractivity contribution in [3.8, 4) is 0 Å². The van der Waals surface area contributed by atoms with Crippen molar-refractivity contribution in [2.45, 2.75) is 25.8 Å². The number of aryl methyl sites for hydroxylation is 1. The van der Waals surface area contributed by atoms with E-state index < -0.39 is 5.82 Å². The highest BCUT2D eigenvalue weighted by Crippen LogP contribution is 2.23. The molecule has 0 radical (unpaired) electrons. The van der Waals surface area contributed by atoms with Gasteiger partial charge in [-0.2, -0.15) is 0 Å². The first-order valence-corrected chi connectivity index (χ1v) is 7.70. The third-order valence-corrected chi connectivity index (χ3v) is 4.44. The Hall–Kier alpha value is -1.40. The van der Waals surface area contributed by atoms with Crippen LogP contribution in [0.2, 0.25) is 5.02 Å². The minimum absolute atomic E-state index is 0.0547. The zero-order valence-electron chi connectivity index (χ0n) is 11.4. The number of fused-ring (bicyclic) bond motifs is 1. The summed E-state index contributed by atoms with van der Waals surface area (Å²) in [6.45, 7) is 2.11. The molecule has 1 saturated heterocycles. The van der Waals surface area contributed by atoms with Crippen molar-refractivity contribution < 1.29 is 9.18 Å². The van der Waals surface area contributed by atoms with Crippen molar-refractivity contribution >= 4 is 40.8 Å². The van der Waals surface area contributed by atoms with E-state index in [0.29, 0.717) is 28.8 Å². The van der Waals surface area contributed by atoms with Crippen LogP contribution in [0.3, 0.4) is 0 Å². The first-order valence-electron chi connectivity index (χ1n) is 6.91. The van der Waals surface area contributed by atoms with Gasteiger partial charge < -0.3 is 14.5 Å². The summed E-state index contributed by atoms with van der Waals surface area (Å²) in [6.07, 6.45) is 2.51. The number of amides is 1. The van der Waals surface area contributed by atoms with Gasteiger partial charge in [0.2, 0.25) is 5.91 Å². The van der Waals surface area contributed by atoms with Crippen LogP contribution in [0.25, 0.3) is 11.0 Å². The molecule has 1 aliphatic rings. The number of hydrogen-bond acceptors (Lipinski definition) is 2. The lowest BCUT2D eigenvalue weighted by molar-refractivity contribution is -0.130. The molecule has 112 valence electrons. The van der Waals surface area contributed by atoms with Gasteiger partial charge in [0.05, 0.1) is 16.1 Å². The Bertz CT molecular complexity index is 748. The molecule has 0 saturated carbocycles. The minimum atomic E-state index is -0.488. The lowest BCUT2D eigenvalue weighted by atomic mass is 10.3. The molecule has 1 aliphatic heterocycles. The molecule has 0 bridgehead atoms. The van der Waals surface area contributed by atoms with Crippen LogP contribution in [0, 0.1) is 10.6 Å². The Kier molecular flexibility index (Phi) is 3.99. The van der Waals surface area contributed by atoms with E-state index in [9.17, 15) is 9.18 Å². The number of carbonyl (C=O) groups excluding carboxylic acids is 1. The van der Waals surface area contributed by atoms with Crippen LogP contribution in [0.5, 0.6) is 0 Å². The van der Waals surface area contributed by atoms with Crippen LogP contribution in [0.1, 0.15) is 19.3 Å². The molecule has 0 atom stereocenters. The van der Waals surface area contributed by atoms with Crippen LogP contribution in [-0.2, 0) is 11.3 Å². The van der Waals surface area contributed by atoms with Gasteiger partial charge in [-0.1, -0.05) is 11.6 Å². The lowest BCUT2D eigenvalue weighted by Crippen LogP contribution is -2.28. The van der Waals surface area contributed by atoms with Gasteiger partial charge in [-0.05, 0) is 31.1 Å². The summed E-state index contributed by atoms with van der Waals surface area (Å²) in [5, 5.41) is 0.0547. The molecule has 3 rings (SSSR count). The van der Waals surface area contributed by atoms with Gasteiger partial charge in [-0.3, -0.25) is 4.79 Å². The Labute approximate surface area is 131 Å². The second-order valence-corrected chi connectivity index (χ2v) is 6.00. The zero-order valence-corrected chi connectivity index (χ0v) is 12.9. The summed E-state index contributed by atoms with van der Waals surface area (Å²) in [7, 11) is 0. The summed E-state index contributed by atoms with van der Waals surface area (Å²) in [4.78, 5) is 16.9. The standard InChI is InChI=1S/C14H15ClFN3OS/c15-9-7-11-12(8-10(9)16)19(14(21)17-11)6-3-13(20)18-4-1-2-5-18/h7-8H,1-6H2,(H,17,21). The van der Waals surface area contributed by atoms with E-state index >= 15 is 0 Å². The van der Waals surface area contributed by atoms with E-state index in [-0.39, 0.29) is 10.9 Å². The number of aromatic amines is 1. The Morgan fingerprint density at radius 2 is 2.10 bits per heavy atom. The SMILES string of the molecule is O=C(CCn1c(=S)[nH]c2cc(Cl)c(F)cc21)N1CCCC1. The average molecular weight is 328 g/mol. The number of halogens is 2. The second kappa shape index (κ2) is 5.77. The average Bonchev–Trinajstić information content (AvgIpc) is 3.06. The third kappa shape index (κ3) is 2.82. The van der Waals surface area contributed by atoms with Gasteiger partial charge in [0.25, 0.3) is 0 Å². The number of rotatable bonds is 3. The molecule has 4 nitrogen and oxygen atoms in total. The van der Waals surface area contributed by atoms with Crippen molar-refractivity contribution in [2.75, 3.05) is 13.1 Å². The van der Waals surface area contributed by atoms with Crippen LogP contribution in [-0.4, -0.2) is 33.4 Å². The van der Waals surface area contributed by atoms with Crippen LogP contribution < -0.4 is 0 Å². The van der Waals surface area contributed by atoms with E-state index in [0.717, 1.165) is 25.9 Å². The smallest absolute Gasteiger partial charge is 0.224 e. The van der Waals surface area contributed by atoms with E-state index in [1.807, 2.05) is 4.90 Å². The number of nitrogens with zero attached hydrogens (tertiary/aromatic N) is 2. The predicted octanol–water partition coefficient (Wildman–Crippen LogP) is 3.50. The maximum absolute atomic E-state index is 13.6. The number of nitrogens with one attached hydrogen (secondary N) is 1. The molecule has 21 heavy (non-hydrogen) atoms. The Balaban J connectivity index is 1.83. The molecule has 7 heteroatoms. The van der Waals surface area contributed by atoms with Crippen LogP contribution in [0.4, 0.5) is 4.39 Å². The number of benzene rings is 1. The predicted molar refractivity (Wildman–Crippen MR) is 82.5 cm³/mol. The fraction of sp³-hybridized carbons (Fsp3) is 0.429. The second-order valence-electron chi connectivity index (χ2n) is 5.20. The number of carbonyl (C=O) groups is 1. The molecule has 2 heterocycles. The van der Waals surface area contributed by atoms with Gasteiger partial charge in [0.15, 0.2) is 4.77 Å². The van der Waals surface area contributed by atoms with Gasteiger partial charge in [0.1, 0.15) is 5.82 Å². The number of H-pyrrole nitrogens is 1. The maximum Gasteiger partial charge on any atom is 0.224 e. The highest BCUT2D eigenvalue weighted by atomic mass is 35.5.